The largest absolute Gasteiger partial charge is 0.497 e. The molecule has 0 aliphatic rings. The van der Waals surface area contributed by atoms with Gasteiger partial charge in [-0.15, -0.1) is 10.2 Å². The predicted molar refractivity (Wildman–Crippen MR) is 138 cm³/mol. The molecule has 0 amide bonds. The molecule has 0 aliphatic heterocycles. The Balaban J connectivity index is 1.63. The number of hydrogen-bond donors (Lipinski definition) is 2. The summed E-state index contributed by atoms with van der Waals surface area (Å²) < 4.78 is 35.1. The van der Waals surface area contributed by atoms with Crippen molar-refractivity contribution in [1.29, 1.82) is 0 Å². The van der Waals surface area contributed by atoms with Gasteiger partial charge in [-0.25, -0.2) is 8.42 Å². The first-order valence-electron chi connectivity index (χ1n) is 10.9. The molecule has 2 N–H and O–H groups in total. The second-order valence-corrected chi connectivity index (χ2v) is 10.6. The number of ether oxygens (including phenoxy) is 1. The number of anilines is 1. The summed E-state index contributed by atoms with van der Waals surface area (Å²) in [7, 11) is -2.14. The highest BCUT2D eigenvalue weighted by Crippen LogP contribution is 2.30. The lowest BCUT2D eigenvalue weighted by atomic mass is 10.2. The molecular formula is C25H24N4O5S2. The topological polar surface area (TPSA) is 123 Å². The molecule has 0 saturated carbocycles. The van der Waals surface area contributed by atoms with E-state index >= 15 is 0 Å². The minimum Gasteiger partial charge on any atom is -0.497 e. The minimum atomic E-state index is -3.72. The zero-order valence-corrected chi connectivity index (χ0v) is 21.2. The van der Waals surface area contributed by atoms with Crippen LogP contribution in [-0.4, -0.2) is 47.1 Å². The van der Waals surface area contributed by atoms with Gasteiger partial charge in [-0.05, 0) is 67.6 Å². The Morgan fingerprint density at radius 3 is 2.28 bits per heavy atom. The van der Waals surface area contributed by atoms with Crippen LogP contribution in [0, 0.1) is 6.92 Å². The van der Waals surface area contributed by atoms with Gasteiger partial charge in [0.25, 0.3) is 10.0 Å². The van der Waals surface area contributed by atoms with Crippen molar-refractivity contribution in [2.75, 3.05) is 17.6 Å². The van der Waals surface area contributed by atoms with Gasteiger partial charge in [-0.2, -0.15) is 0 Å². The molecule has 11 heteroatoms. The normalized spacial score (nSPS) is 11.3. The van der Waals surface area contributed by atoms with Crippen molar-refractivity contribution in [3.63, 3.8) is 0 Å². The Morgan fingerprint density at radius 2 is 1.67 bits per heavy atom. The SMILES string of the molecule is COc1ccc(-n2c(SCCC(=O)O)nnc2-c2ccc(NS(=O)(=O)c3ccc(C)cc3)cc2)cc1. The van der Waals surface area contributed by atoms with Gasteiger partial charge in [0.05, 0.1) is 18.4 Å². The number of nitrogens with one attached hydrogen (secondary N) is 1. The summed E-state index contributed by atoms with van der Waals surface area (Å²) >= 11 is 1.29. The third-order valence-corrected chi connectivity index (χ3v) is 7.57. The van der Waals surface area contributed by atoms with Crippen LogP contribution < -0.4 is 9.46 Å². The van der Waals surface area contributed by atoms with Crippen molar-refractivity contribution >= 4 is 33.4 Å². The number of methoxy groups -OCH3 is 1. The third kappa shape index (κ3) is 5.86. The van der Waals surface area contributed by atoms with Crippen molar-refractivity contribution in [1.82, 2.24) is 14.8 Å². The summed E-state index contributed by atoms with van der Waals surface area (Å²) in [5, 5.41) is 18.1. The van der Waals surface area contributed by atoms with E-state index in [2.05, 4.69) is 14.9 Å². The Labute approximate surface area is 213 Å². The van der Waals surface area contributed by atoms with E-state index in [0.717, 1.165) is 11.3 Å². The maximum atomic E-state index is 12.7. The van der Waals surface area contributed by atoms with E-state index in [0.29, 0.717) is 33.7 Å². The summed E-state index contributed by atoms with van der Waals surface area (Å²) in [6.07, 6.45) is -0.00864. The monoisotopic (exact) mass is 524 g/mol. The Hall–Kier alpha value is -3.83. The smallest absolute Gasteiger partial charge is 0.304 e. The highest BCUT2D eigenvalue weighted by Gasteiger charge is 2.18. The fraction of sp³-hybridized carbons (Fsp3) is 0.160. The second-order valence-electron chi connectivity index (χ2n) is 7.83. The molecule has 186 valence electrons. The number of aryl methyl sites for hydroxylation is 1. The number of rotatable bonds is 10. The number of thioether (sulfide) groups is 1. The fourth-order valence-electron chi connectivity index (χ4n) is 3.36. The molecule has 0 aliphatic carbocycles. The average molecular weight is 525 g/mol. The van der Waals surface area contributed by atoms with Gasteiger partial charge in [0.15, 0.2) is 11.0 Å². The molecule has 0 unspecified atom stereocenters. The van der Waals surface area contributed by atoms with Gasteiger partial charge < -0.3 is 9.84 Å². The second kappa shape index (κ2) is 10.8. The first-order valence-corrected chi connectivity index (χ1v) is 13.4. The van der Waals surface area contributed by atoms with E-state index < -0.39 is 16.0 Å². The Morgan fingerprint density at radius 1 is 1.00 bits per heavy atom. The summed E-state index contributed by atoms with van der Waals surface area (Å²) in [4.78, 5) is 11.1. The van der Waals surface area contributed by atoms with Crippen molar-refractivity contribution in [3.8, 4) is 22.8 Å². The zero-order chi connectivity index (χ0) is 25.7. The summed E-state index contributed by atoms with van der Waals surface area (Å²) in [5.41, 5.74) is 2.87. The quantitative estimate of drug-likeness (QED) is 0.288. The van der Waals surface area contributed by atoms with Crippen LogP contribution in [0.25, 0.3) is 17.1 Å². The predicted octanol–water partition coefficient (Wildman–Crippen LogP) is 4.62. The molecular weight excluding hydrogens is 500 g/mol. The van der Waals surface area contributed by atoms with Gasteiger partial charge in [0, 0.05) is 22.7 Å². The number of benzene rings is 3. The Bertz CT molecular complexity index is 1450. The highest BCUT2D eigenvalue weighted by molar-refractivity contribution is 7.99. The van der Waals surface area contributed by atoms with Crippen LogP contribution in [0.15, 0.2) is 82.8 Å². The zero-order valence-electron chi connectivity index (χ0n) is 19.6. The first-order chi connectivity index (χ1) is 17.3. The summed E-state index contributed by atoms with van der Waals surface area (Å²) in [6.45, 7) is 1.89. The van der Waals surface area contributed by atoms with Crippen LogP contribution >= 0.6 is 11.8 Å². The molecule has 36 heavy (non-hydrogen) atoms. The minimum absolute atomic E-state index is 0.00864. The van der Waals surface area contributed by atoms with Crippen LogP contribution in [0.3, 0.4) is 0 Å². The number of sulfonamides is 1. The van der Waals surface area contributed by atoms with Crippen LogP contribution in [0.1, 0.15) is 12.0 Å². The van der Waals surface area contributed by atoms with Crippen molar-refractivity contribution in [2.24, 2.45) is 0 Å². The molecule has 1 aromatic heterocycles. The van der Waals surface area contributed by atoms with E-state index in [9.17, 15) is 13.2 Å². The van der Waals surface area contributed by atoms with Gasteiger partial charge in [-0.1, -0.05) is 29.5 Å². The van der Waals surface area contributed by atoms with Gasteiger partial charge in [0.1, 0.15) is 5.75 Å². The number of carbonyl (C=O) groups is 1. The maximum Gasteiger partial charge on any atom is 0.304 e. The molecule has 0 saturated heterocycles. The highest BCUT2D eigenvalue weighted by atomic mass is 32.2. The van der Waals surface area contributed by atoms with Crippen molar-refractivity contribution < 1.29 is 23.1 Å². The van der Waals surface area contributed by atoms with Crippen molar-refractivity contribution in [2.45, 2.75) is 23.4 Å². The maximum absolute atomic E-state index is 12.7. The number of nitrogens with zero attached hydrogens (tertiary/aromatic N) is 3. The summed E-state index contributed by atoms with van der Waals surface area (Å²) in [6, 6.07) is 20.8. The number of carboxylic acids is 1. The van der Waals surface area contributed by atoms with Crippen LogP contribution in [-0.2, 0) is 14.8 Å². The van der Waals surface area contributed by atoms with Crippen LogP contribution in [0.5, 0.6) is 5.75 Å². The lowest BCUT2D eigenvalue weighted by Crippen LogP contribution is -2.12. The van der Waals surface area contributed by atoms with Crippen LogP contribution in [0.2, 0.25) is 0 Å². The lowest BCUT2D eigenvalue weighted by Gasteiger charge is -2.12. The number of carboxylic acid groups (broad SMARTS) is 1. The van der Waals surface area contributed by atoms with Crippen LogP contribution in [0.4, 0.5) is 5.69 Å². The van der Waals surface area contributed by atoms with E-state index in [-0.39, 0.29) is 11.3 Å². The number of hydrogen-bond acceptors (Lipinski definition) is 7. The lowest BCUT2D eigenvalue weighted by molar-refractivity contribution is -0.136. The molecule has 4 rings (SSSR count). The van der Waals surface area contributed by atoms with E-state index in [1.54, 1.807) is 55.6 Å². The molecule has 4 aromatic rings. The van der Waals surface area contributed by atoms with Crippen molar-refractivity contribution in [3.05, 3.63) is 78.4 Å². The standard InChI is InChI=1S/C25H24N4O5S2/c1-17-3-13-22(14-4-17)36(32,33)28-19-7-5-18(6-8-19)24-26-27-25(35-16-15-23(30)31)29(24)20-9-11-21(34-2)12-10-20/h3-14,28H,15-16H2,1-2H3,(H,30,31). The Kier molecular flexibility index (Phi) is 7.61. The molecule has 0 atom stereocenters. The molecule has 1 heterocycles. The van der Waals surface area contributed by atoms with Gasteiger partial charge >= 0.3 is 5.97 Å². The third-order valence-electron chi connectivity index (χ3n) is 5.24. The number of aromatic nitrogens is 3. The number of aliphatic carboxylic acids is 1. The average Bonchev–Trinajstić information content (AvgIpc) is 3.28. The molecule has 3 aromatic carbocycles. The molecule has 9 nitrogen and oxygen atoms in total. The molecule has 0 bridgehead atoms. The fourth-order valence-corrected chi connectivity index (χ4v) is 5.30. The van der Waals surface area contributed by atoms with Gasteiger partial charge in [0.2, 0.25) is 0 Å². The molecule has 0 radical (unpaired) electrons. The van der Waals surface area contributed by atoms with E-state index in [1.807, 2.05) is 35.8 Å². The first kappa shape index (κ1) is 25.3. The molecule has 0 fully saturated rings. The van der Waals surface area contributed by atoms with E-state index in [4.69, 9.17) is 9.84 Å². The van der Waals surface area contributed by atoms with E-state index in [1.165, 1.54) is 11.8 Å². The molecule has 0 spiro atoms. The van der Waals surface area contributed by atoms with Gasteiger partial charge in [-0.3, -0.25) is 14.1 Å². The summed E-state index contributed by atoms with van der Waals surface area (Å²) in [5.74, 6) is 0.676.